The molecule has 1 saturated heterocycles. The molecule has 1 amide bonds. The molecule has 7 nitrogen and oxygen atoms in total. The molecule has 122 valence electrons. The van der Waals surface area contributed by atoms with Gasteiger partial charge in [0.1, 0.15) is 6.54 Å². The maximum absolute atomic E-state index is 12.2. The van der Waals surface area contributed by atoms with Crippen LogP contribution in [0, 0.1) is 5.92 Å². The van der Waals surface area contributed by atoms with E-state index in [1.165, 1.54) is 9.21 Å². The third-order valence-corrected chi connectivity index (χ3v) is 5.49. The molecule has 0 unspecified atom stereocenters. The highest BCUT2D eigenvalue weighted by atomic mass is 32.2. The summed E-state index contributed by atoms with van der Waals surface area (Å²) in [4.78, 5) is 24.9. The SMILES string of the molecule is CCOC(=O)CN(C)C(=O)C1CCN(S(=O)(=O)CC)CC1. The van der Waals surface area contributed by atoms with Crippen LogP contribution in [0.3, 0.4) is 0 Å². The van der Waals surface area contributed by atoms with Gasteiger partial charge in [-0.1, -0.05) is 0 Å². The molecule has 0 spiro atoms. The smallest absolute Gasteiger partial charge is 0.325 e. The van der Waals surface area contributed by atoms with E-state index in [4.69, 9.17) is 4.74 Å². The van der Waals surface area contributed by atoms with Crippen LogP contribution in [-0.4, -0.2) is 68.5 Å². The van der Waals surface area contributed by atoms with Gasteiger partial charge in [-0.3, -0.25) is 9.59 Å². The van der Waals surface area contributed by atoms with Gasteiger partial charge in [0.15, 0.2) is 0 Å². The lowest BCUT2D eigenvalue weighted by Gasteiger charge is -2.32. The maximum Gasteiger partial charge on any atom is 0.325 e. The van der Waals surface area contributed by atoms with Gasteiger partial charge in [-0.15, -0.1) is 0 Å². The quantitative estimate of drug-likeness (QED) is 0.647. The number of amides is 1. The van der Waals surface area contributed by atoms with E-state index in [0.29, 0.717) is 25.9 Å². The molecular weight excluding hydrogens is 296 g/mol. The van der Waals surface area contributed by atoms with Crippen molar-refractivity contribution >= 4 is 21.9 Å². The molecule has 0 bridgehead atoms. The number of rotatable bonds is 6. The van der Waals surface area contributed by atoms with Crippen molar-refractivity contribution in [2.45, 2.75) is 26.7 Å². The van der Waals surface area contributed by atoms with Crippen LogP contribution >= 0.6 is 0 Å². The van der Waals surface area contributed by atoms with Gasteiger partial charge < -0.3 is 9.64 Å². The van der Waals surface area contributed by atoms with Gasteiger partial charge in [0, 0.05) is 26.1 Å². The summed E-state index contributed by atoms with van der Waals surface area (Å²) < 4.78 is 29.7. The Labute approximate surface area is 126 Å². The zero-order chi connectivity index (χ0) is 16.0. The third-order valence-electron chi connectivity index (χ3n) is 3.61. The van der Waals surface area contributed by atoms with E-state index in [-0.39, 0.29) is 30.7 Å². The lowest BCUT2D eigenvalue weighted by molar-refractivity contribution is -0.149. The second-order valence-corrected chi connectivity index (χ2v) is 7.33. The van der Waals surface area contributed by atoms with Crippen LogP contribution in [0.25, 0.3) is 0 Å². The van der Waals surface area contributed by atoms with Gasteiger partial charge in [0.2, 0.25) is 15.9 Å². The predicted octanol–water partition coefficient (Wildman–Crippen LogP) is 0.0696. The standard InChI is InChI=1S/C13H24N2O5S/c1-4-20-12(16)10-14(3)13(17)11-6-8-15(9-7-11)21(18,19)5-2/h11H,4-10H2,1-3H3. The molecule has 0 saturated carbocycles. The van der Waals surface area contributed by atoms with Crippen LogP contribution < -0.4 is 0 Å². The number of carbonyl (C=O) groups is 2. The third kappa shape index (κ3) is 4.96. The Morgan fingerprint density at radius 2 is 1.81 bits per heavy atom. The zero-order valence-electron chi connectivity index (χ0n) is 12.9. The van der Waals surface area contributed by atoms with E-state index in [9.17, 15) is 18.0 Å². The second-order valence-electron chi connectivity index (χ2n) is 5.07. The van der Waals surface area contributed by atoms with Crippen molar-refractivity contribution < 1.29 is 22.7 Å². The van der Waals surface area contributed by atoms with Crippen LogP contribution in [-0.2, 0) is 24.3 Å². The van der Waals surface area contributed by atoms with Gasteiger partial charge in [-0.05, 0) is 26.7 Å². The van der Waals surface area contributed by atoms with Crippen LogP contribution in [0.1, 0.15) is 26.7 Å². The fourth-order valence-corrected chi connectivity index (χ4v) is 3.49. The minimum atomic E-state index is -3.18. The van der Waals surface area contributed by atoms with Crippen LogP contribution in [0.5, 0.6) is 0 Å². The van der Waals surface area contributed by atoms with Gasteiger partial charge in [-0.25, -0.2) is 12.7 Å². The van der Waals surface area contributed by atoms with E-state index in [0.717, 1.165) is 0 Å². The molecule has 0 aromatic carbocycles. The number of sulfonamides is 1. The van der Waals surface area contributed by atoms with E-state index in [1.807, 2.05) is 0 Å². The Morgan fingerprint density at radius 1 is 1.24 bits per heavy atom. The van der Waals surface area contributed by atoms with Gasteiger partial charge >= 0.3 is 5.97 Å². The number of nitrogens with zero attached hydrogens (tertiary/aromatic N) is 2. The number of esters is 1. The molecular formula is C13H24N2O5S. The number of ether oxygens (including phenoxy) is 1. The summed E-state index contributed by atoms with van der Waals surface area (Å²) in [5.74, 6) is -0.711. The van der Waals surface area contributed by atoms with Crippen molar-refractivity contribution in [2.24, 2.45) is 5.92 Å². The molecule has 0 N–H and O–H groups in total. The predicted molar refractivity (Wildman–Crippen MR) is 78.0 cm³/mol. The molecule has 1 rings (SSSR count). The molecule has 0 atom stereocenters. The van der Waals surface area contributed by atoms with Gasteiger partial charge in [-0.2, -0.15) is 0 Å². The zero-order valence-corrected chi connectivity index (χ0v) is 13.7. The largest absolute Gasteiger partial charge is 0.465 e. The molecule has 0 aliphatic carbocycles. The molecule has 1 aliphatic heterocycles. The number of carbonyl (C=O) groups excluding carboxylic acids is 2. The monoisotopic (exact) mass is 320 g/mol. The van der Waals surface area contributed by atoms with Crippen molar-refractivity contribution in [1.82, 2.24) is 9.21 Å². The lowest BCUT2D eigenvalue weighted by atomic mass is 9.97. The van der Waals surface area contributed by atoms with Crippen molar-refractivity contribution in [1.29, 1.82) is 0 Å². The summed E-state index contributed by atoms with van der Waals surface area (Å²) >= 11 is 0. The highest BCUT2D eigenvalue weighted by molar-refractivity contribution is 7.89. The normalized spacial score (nSPS) is 17.5. The van der Waals surface area contributed by atoms with E-state index in [2.05, 4.69) is 0 Å². The van der Waals surface area contributed by atoms with Crippen LogP contribution in [0.4, 0.5) is 0 Å². The lowest BCUT2D eigenvalue weighted by Crippen LogP contribution is -2.44. The van der Waals surface area contributed by atoms with Crippen molar-refractivity contribution in [3.05, 3.63) is 0 Å². The van der Waals surface area contributed by atoms with Crippen molar-refractivity contribution in [3.63, 3.8) is 0 Å². The Hall–Kier alpha value is -1.15. The number of hydrogen-bond donors (Lipinski definition) is 0. The Balaban J connectivity index is 2.50. The summed E-state index contributed by atoms with van der Waals surface area (Å²) in [5, 5.41) is 0. The maximum atomic E-state index is 12.2. The molecule has 0 aromatic rings. The van der Waals surface area contributed by atoms with Crippen LogP contribution in [0.2, 0.25) is 0 Å². The Morgan fingerprint density at radius 3 is 2.29 bits per heavy atom. The van der Waals surface area contributed by atoms with E-state index in [1.54, 1.807) is 20.9 Å². The van der Waals surface area contributed by atoms with Gasteiger partial charge in [0.05, 0.1) is 12.4 Å². The average Bonchev–Trinajstić information content (AvgIpc) is 2.46. The number of piperidine rings is 1. The van der Waals surface area contributed by atoms with E-state index >= 15 is 0 Å². The molecule has 0 radical (unpaired) electrons. The Kier molecular flexibility index (Phi) is 6.60. The summed E-state index contributed by atoms with van der Waals surface area (Å²) in [6.45, 7) is 4.26. The van der Waals surface area contributed by atoms with Crippen molar-refractivity contribution in [2.75, 3.05) is 39.0 Å². The van der Waals surface area contributed by atoms with E-state index < -0.39 is 16.0 Å². The minimum absolute atomic E-state index is 0.0693. The first kappa shape index (κ1) is 17.9. The fourth-order valence-electron chi connectivity index (χ4n) is 2.35. The first-order chi connectivity index (χ1) is 9.81. The average molecular weight is 320 g/mol. The fraction of sp³-hybridized carbons (Fsp3) is 0.846. The molecule has 21 heavy (non-hydrogen) atoms. The number of hydrogen-bond acceptors (Lipinski definition) is 5. The molecule has 1 aliphatic rings. The van der Waals surface area contributed by atoms with Gasteiger partial charge in [0.25, 0.3) is 0 Å². The summed E-state index contributed by atoms with van der Waals surface area (Å²) in [6, 6.07) is 0. The van der Waals surface area contributed by atoms with Crippen molar-refractivity contribution in [3.8, 4) is 0 Å². The molecule has 1 fully saturated rings. The minimum Gasteiger partial charge on any atom is -0.465 e. The first-order valence-electron chi connectivity index (χ1n) is 7.20. The topological polar surface area (TPSA) is 84.0 Å². The summed E-state index contributed by atoms with van der Waals surface area (Å²) in [6.07, 6.45) is 0.983. The highest BCUT2D eigenvalue weighted by Gasteiger charge is 2.31. The van der Waals surface area contributed by atoms with Crippen LogP contribution in [0.15, 0.2) is 0 Å². The Bertz CT molecular complexity index is 469. The molecule has 1 heterocycles. The number of likely N-dealkylation sites (N-methyl/N-ethyl adjacent to an activating group) is 1. The summed E-state index contributed by atoms with van der Waals surface area (Å²) in [5.41, 5.74) is 0. The first-order valence-corrected chi connectivity index (χ1v) is 8.81. The summed E-state index contributed by atoms with van der Waals surface area (Å²) in [7, 11) is -1.62. The highest BCUT2D eigenvalue weighted by Crippen LogP contribution is 2.21. The molecule has 0 aromatic heterocycles. The second kappa shape index (κ2) is 7.74. The molecule has 8 heteroatoms.